The number of hydrogen-bond donors (Lipinski definition) is 2. The van der Waals surface area contributed by atoms with Gasteiger partial charge in [0.1, 0.15) is 0 Å². The van der Waals surface area contributed by atoms with Gasteiger partial charge in [0.15, 0.2) is 0 Å². The van der Waals surface area contributed by atoms with E-state index in [9.17, 15) is 4.79 Å². The summed E-state index contributed by atoms with van der Waals surface area (Å²) in [6.45, 7) is 9.00. The van der Waals surface area contributed by atoms with Crippen molar-refractivity contribution < 1.29 is 4.79 Å². The Balaban J connectivity index is 2.51. The summed E-state index contributed by atoms with van der Waals surface area (Å²) in [5.74, 6) is 0.607. The van der Waals surface area contributed by atoms with Crippen LogP contribution in [0.2, 0.25) is 0 Å². The van der Waals surface area contributed by atoms with Gasteiger partial charge in [-0.2, -0.15) is 0 Å². The summed E-state index contributed by atoms with van der Waals surface area (Å²) in [5.41, 5.74) is 3.09. The number of rotatable bonds is 4. The molecule has 3 heteroatoms. The van der Waals surface area contributed by atoms with Gasteiger partial charge in [-0.25, -0.2) is 4.79 Å². The van der Waals surface area contributed by atoms with E-state index < -0.39 is 0 Å². The highest BCUT2D eigenvalue weighted by Crippen LogP contribution is 2.18. The van der Waals surface area contributed by atoms with Gasteiger partial charge in [0.25, 0.3) is 0 Å². The van der Waals surface area contributed by atoms with Crippen LogP contribution >= 0.6 is 0 Å². The van der Waals surface area contributed by atoms with Crippen molar-refractivity contribution in [3.63, 3.8) is 0 Å². The predicted molar refractivity (Wildman–Crippen MR) is 72.4 cm³/mol. The Hall–Kier alpha value is -1.51. The largest absolute Gasteiger partial charge is 0.338 e. The minimum absolute atomic E-state index is 0.122. The first kappa shape index (κ1) is 13.6. The topological polar surface area (TPSA) is 41.1 Å². The molecule has 3 nitrogen and oxygen atoms in total. The lowest BCUT2D eigenvalue weighted by Crippen LogP contribution is -2.30. The molecule has 94 valence electrons. The maximum Gasteiger partial charge on any atom is 0.319 e. The molecule has 0 radical (unpaired) electrons. The average molecular weight is 234 g/mol. The highest BCUT2D eigenvalue weighted by Gasteiger charge is 2.06. The average Bonchev–Trinajstić information content (AvgIpc) is 2.23. The lowest BCUT2D eigenvalue weighted by molar-refractivity contribution is 0.251. The zero-order valence-electron chi connectivity index (χ0n) is 11.1. The van der Waals surface area contributed by atoms with Crippen LogP contribution < -0.4 is 10.6 Å². The van der Waals surface area contributed by atoms with E-state index in [1.165, 1.54) is 0 Å². The predicted octanol–water partition coefficient (Wildman–Crippen LogP) is 3.47. The van der Waals surface area contributed by atoms with Gasteiger partial charge in [0, 0.05) is 12.2 Å². The molecule has 0 atom stereocenters. The lowest BCUT2D eigenvalue weighted by Gasteiger charge is -2.12. The van der Waals surface area contributed by atoms with Crippen LogP contribution in [0.25, 0.3) is 0 Å². The van der Waals surface area contributed by atoms with Gasteiger partial charge in [-0.15, -0.1) is 0 Å². The van der Waals surface area contributed by atoms with Crippen LogP contribution in [0, 0.1) is 19.8 Å². The molecular formula is C14H22N2O. The van der Waals surface area contributed by atoms with E-state index in [-0.39, 0.29) is 6.03 Å². The van der Waals surface area contributed by atoms with Crippen molar-refractivity contribution in [2.45, 2.75) is 34.1 Å². The third-order valence-electron chi connectivity index (χ3n) is 2.73. The number of carbonyl (C=O) groups is 1. The Morgan fingerprint density at radius 3 is 2.35 bits per heavy atom. The number of aryl methyl sites for hydroxylation is 2. The van der Waals surface area contributed by atoms with Crippen molar-refractivity contribution in [1.29, 1.82) is 0 Å². The first-order valence-electron chi connectivity index (χ1n) is 6.11. The molecule has 0 fully saturated rings. The Morgan fingerprint density at radius 2 is 1.82 bits per heavy atom. The fraction of sp³-hybridized carbons (Fsp3) is 0.500. The van der Waals surface area contributed by atoms with Gasteiger partial charge in [0.05, 0.1) is 0 Å². The molecule has 0 spiro atoms. The standard InChI is InChI=1S/C14H22N2O/c1-10(2)8-9-15-14(17)16-13-11(3)6-5-7-12(13)4/h5-7,10H,8-9H2,1-4H3,(H2,15,16,17). The minimum Gasteiger partial charge on any atom is -0.338 e. The number of anilines is 1. The van der Waals surface area contributed by atoms with Crippen molar-refractivity contribution >= 4 is 11.7 Å². The lowest BCUT2D eigenvalue weighted by atomic mass is 10.1. The molecule has 0 aliphatic rings. The van der Waals surface area contributed by atoms with Gasteiger partial charge < -0.3 is 10.6 Å². The molecule has 1 rings (SSSR count). The molecular weight excluding hydrogens is 212 g/mol. The Morgan fingerprint density at radius 1 is 1.24 bits per heavy atom. The molecule has 0 saturated heterocycles. The van der Waals surface area contributed by atoms with Crippen LogP contribution in [0.5, 0.6) is 0 Å². The maximum atomic E-state index is 11.7. The zero-order valence-corrected chi connectivity index (χ0v) is 11.1. The first-order chi connectivity index (χ1) is 8.00. The third-order valence-corrected chi connectivity index (χ3v) is 2.73. The second-order valence-corrected chi connectivity index (χ2v) is 4.83. The molecule has 0 saturated carbocycles. The molecule has 1 aromatic rings. The van der Waals surface area contributed by atoms with Crippen molar-refractivity contribution in [2.24, 2.45) is 5.92 Å². The highest BCUT2D eigenvalue weighted by atomic mass is 16.2. The van der Waals surface area contributed by atoms with E-state index in [1.807, 2.05) is 32.0 Å². The number of nitrogens with one attached hydrogen (secondary N) is 2. The van der Waals surface area contributed by atoms with Gasteiger partial charge in [0.2, 0.25) is 0 Å². The molecule has 0 heterocycles. The fourth-order valence-electron chi connectivity index (χ4n) is 1.64. The van der Waals surface area contributed by atoms with Crippen LogP contribution in [0.1, 0.15) is 31.4 Å². The monoisotopic (exact) mass is 234 g/mol. The number of benzene rings is 1. The summed E-state index contributed by atoms with van der Waals surface area (Å²) >= 11 is 0. The quantitative estimate of drug-likeness (QED) is 0.823. The van der Waals surface area contributed by atoms with Crippen LogP contribution in [-0.4, -0.2) is 12.6 Å². The summed E-state index contributed by atoms with van der Waals surface area (Å²) in [7, 11) is 0. The number of urea groups is 1. The van der Waals surface area contributed by atoms with Crippen LogP contribution in [0.3, 0.4) is 0 Å². The van der Waals surface area contributed by atoms with Crippen LogP contribution in [0.15, 0.2) is 18.2 Å². The summed E-state index contributed by atoms with van der Waals surface area (Å²) in [5, 5.41) is 5.77. The van der Waals surface area contributed by atoms with Gasteiger partial charge in [-0.3, -0.25) is 0 Å². The molecule has 0 bridgehead atoms. The molecule has 1 aromatic carbocycles. The smallest absolute Gasteiger partial charge is 0.319 e. The summed E-state index contributed by atoms with van der Waals surface area (Å²) in [4.78, 5) is 11.7. The van der Waals surface area contributed by atoms with E-state index in [1.54, 1.807) is 0 Å². The van der Waals surface area contributed by atoms with E-state index in [2.05, 4.69) is 24.5 Å². The molecule has 2 amide bonds. The summed E-state index contributed by atoms with van der Waals surface area (Å²) in [6.07, 6.45) is 1.00. The Labute approximate surface area is 104 Å². The van der Waals surface area contributed by atoms with Gasteiger partial charge in [-0.05, 0) is 37.3 Å². The molecule has 0 unspecified atom stereocenters. The van der Waals surface area contributed by atoms with Crippen molar-refractivity contribution in [2.75, 3.05) is 11.9 Å². The van der Waals surface area contributed by atoms with Crippen LogP contribution in [-0.2, 0) is 0 Å². The Bertz CT molecular complexity index is 366. The van der Waals surface area contributed by atoms with E-state index in [0.717, 1.165) is 23.2 Å². The van der Waals surface area contributed by atoms with Crippen molar-refractivity contribution in [3.05, 3.63) is 29.3 Å². The van der Waals surface area contributed by atoms with Crippen molar-refractivity contribution in [3.8, 4) is 0 Å². The minimum atomic E-state index is -0.122. The van der Waals surface area contributed by atoms with E-state index in [0.29, 0.717) is 12.5 Å². The fourth-order valence-corrected chi connectivity index (χ4v) is 1.64. The number of hydrogen-bond acceptors (Lipinski definition) is 1. The summed E-state index contributed by atoms with van der Waals surface area (Å²) in [6, 6.07) is 5.86. The number of amides is 2. The number of carbonyl (C=O) groups excluding carboxylic acids is 1. The zero-order chi connectivity index (χ0) is 12.8. The maximum absolute atomic E-state index is 11.7. The SMILES string of the molecule is Cc1cccc(C)c1NC(=O)NCCC(C)C. The first-order valence-corrected chi connectivity index (χ1v) is 6.11. The van der Waals surface area contributed by atoms with Crippen molar-refractivity contribution in [1.82, 2.24) is 5.32 Å². The summed E-state index contributed by atoms with van der Waals surface area (Å²) < 4.78 is 0. The molecule has 0 aliphatic heterocycles. The Kier molecular flexibility index (Phi) is 5.01. The second kappa shape index (κ2) is 6.28. The normalized spacial score (nSPS) is 10.4. The highest BCUT2D eigenvalue weighted by molar-refractivity contribution is 5.90. The van der Waals surface area contributed by atoms with E-state index in [4.69, 9.17) is 0 Å². The van der Waals surface area contributed by atoms with Gasteiger partial charge >= 0.3 is 6.03 Å². The number of para-hydroxylation sites is 1. The molecule has 2 N–H and O–H groups in total. The molecule has 17 heavy (non-hydrogen) atoms. The van der Waals surface area contributed by atoms with Crippen LogP contribution in [0.4, 0.5) is 10.5 Å². The second-order valence-electron chi connectivity index (χ2n) is 4.83. The van der Waals surface area contributed by atoms with Gasteiger partial charge in [-0.1, -0.05) is 32.0 Å². The van der Waals surface area contributed by atoms with E-state index >= 15 is 0 Å². The molecule has 0 aliphatic carbocycles. The molecule has 0 aromatic heterocycles. The third kappa shape index (κ3) is 4.47.